The third kappa shape index (κ3) is 5.98. The summed E-state index contributed by atoms with van der Waals surface area (Å²) >= 11 is 0. The molecule has 0 saturated carbocycles. The second-order valence-corrected chi connectivity index (χ2v) is 6.02. The number of amides is 1. The van der Waals surface area contributed by atoms with Gasteiger partial charge in [-0.15, -0.1) is 12.4 Å². The van der Waals surface area contributed by atoms with E-state index >= 15 is 0 Å². The van der Waals surface area contributed by atoms with E-state index in [1.54, 1.807) is 12.1 Å². The van der Waals surface area contributed by atoms with Crippen LogP contribution in [0.5, 0.6) is 0 Å². The fraction of sp³-hybridized carbons (Fsp3) is 0.417. The monoisotopic (exact) mass is 337 g/mol. The number of halogens is 1. The Hall–Kier alpha value is -1.19. The summed E-state index contributed by atoms with van der Waals surface area (Å²) < 4.78 is 30.3. The van der Waals surface area contributed by atoms with Crippen LogP contribution in [-0.2, 0) is 26.1 Å². The lowest BCUT2D eigenvalue weighted by atomic mass is 10.2. The number of carbonyl (C=O) groups is 1. The van der Waals surface area contributed by atoms with Gasteiger partial charge in [0, 0.05) is 13.7 Å². The van der Waals surface area contributed by atoms with E-state index in [2.05, 4.69) is 10.0 Å². The molecule has 0 aliphatic carbocycles. The molecule has 1 aromatic carbocycles. The average molecular weight is 338 g/mol. The largest absolute Gasteiger partial charge is 0.383 e. The van der Waals surface area contributed by atoms with Crippen molar-refractivity contribution in [2.75, 3.05) is 20.8 Å². The molecule has 1 atom stereocenters. The third-order valence-corrected chi connectivity index (χ3v) is 4.04. The van der Waals surface area contributed by atoms with Gasteiger partial charge < -0.3 is 15.8 Å². The van der Waals surface area contributed by atoms with Crippen LogP contribution in [0.25, 0.3) is 0 Å². The Labute approximate surface area is 130 Å². The molecule has 21 heavy (non-hydrogen) atoms. The van der Waals surface area contributed by atoms with E-state index < -0.39 is 16.1 Å². The summed E-state index contributed by atoms with van der Waals surface area (Å²) in [6, 6.07) is 5.56. The van der Waals surface area contributed by atoms with Crippen molar-refractivity contribution in [3.63, 3.8) is 0 Å². The second kappa shape index (κ2) is 8.96. The quantitative estimate of drug-likeness (QED) is 0.627. The molecule has 1 rings (SSSR count). The van der Waals surface area contributed by atoms with Gasteiger partial charge >= 0.3 is 0 Å². The van der Waals surface area contributed by atoms with Crippen molar-refractivity contribution in [2.45, 2.75) is 17.5 Å². The standard InChI is InChI=1S/C12H19N3O4S.ClH/c1-14-20(17,18)10-5-3-4-9(6-10)7-15-12(16)11(13)8-19-2;/h3-6,11,14H,7-8,13H2,1-2H3,(H,15,16);1H. The van der Waals surface area contributed by atoms with Gasteiger partial charge in [-0.3, -0.25) is 4.79 Å². The van der Waals surface area contributed by atoms with Crippen molar-refractivity contribution < 1.29 is 17.9 Å². The molecule has 0 saturated heterocycles. The fourth-order valence-electron chi connectivity index (χ4n) is 1.52. The summed E-state index contributed by atoms with van der Waals surface area (Å²) in [4.78, 5) is 11.7. The minimum absolute atomic E-state index is 0. The maximum atomic E-state index is 11.6. The maximum Gasteiger partial charge on any atom is 0.240 e. The van der Waals surface area contributed by atoms with E-state index in [-0.39, 0.29) is 36.4 Å². The van der Waals surface area contributed by atoms with E-state index in [1.165, 1.54) is 26.3 Å². The molecule has 1 amide bonds. The molecule has 0 aliphatic heterocycles. The van der Waals surface area contributed by atoms with Crippen LogP contribution in [0, 0.1) is 0 Å². The summed E-state index contributed by atoms with van der Waals surface area (Å²) in [6.45, 7) is 0.323. The zero-order chi connectivity index (χ0) is 15.2. The van der Waals surface area contributed by atoms with Crippen molar-refractivity contribution in [3.8, 4) is 0 Å². The number of ether oxygens (including phenoxy) is 1. The Morgan fingerprint density at radius 2 is 2.10 bits per heavy atom. The molecule has 0 aliphatic rings. The second-order valence-electron chi connectivity index (χ2n) is 4.13. The van der Waals surface area contributed by atoms with Crippen LogP contribution in [0.2, 0.25) is 0 Å². The van der Waals surface area contributed by atoms with Crippen molar-refractivity contribution in [2.24, 2.45) is 5.73 Å². The highest BCUT2D eigenvalue weighted by Gasteiger charge is 2.14. The third-order valence-electron chi connectivity index (χ3n) is 2.63. The fourth-order valence-corrected chi connectivity index (χ4v) is 2.32. The van der Waals surface area contributed by atoms with E-state index in [1.807, 2.05) is 0 Å². The summed E-state index contributed by atoms with van der Waals surface area (Å²) in [5.74, 6) is -0.353. The number of carbonyl (C=O) groups excluding carboxylic acids is 1. The number of sulfonamides is 1. The first-order valence-electron chi connectivity index (χ1n) is 5.95. The van der Waals surface area contributed by atoms with Crippen molar-refractivity contribution in [1.82, 2.24) is 10.0 Å². The van der Waals surface area contributed by atoms with Crippen LogP contribution in [-0.4, -0.2) is 41.1 Å². The smallest absolute Gasteiger partial charge is 0.240 e. The number of hydrogen-bond acceptors (Lipinski definition) is 5. The van der Waals surface area contributed by atoms with Crippen LogP contribution in [0.3, 0.4) is 0 Å². The minimum Gasteiger partial charge on any atom is -0.383 e. The maximum absolute atomic E-state index is 11.6. The first-order valence-corrected chi connectivity index (χ1v) is 7.43. The molecular formula is C12H20ClN3O4S. The van der Waals surface area contributed by atoms with E-state index in [0.29, 0.717) is 5.56 Å². The van der Waals surface area contributed by atoms with Gasteiger partial charge in [-0.2, -0.15) is 0 Å². The number of nitrogens with two attached hydrogens (primary N) is 1. The zero-order valence-electron chi connectivity index (χ0n) is 11.8. The number of benzene rings is 1. The lowest BCUT2D eigenvalue weighted by Crippen LogP contribution is -2.43. The Kier molecular flexibility index (Phi) is 8.45. The summed E-state index contributed by atoms with van der Waals surface area (Å²) in [6.07, 6.45) is 0. The lowest BCUT2D eigenvalue weighted by Gasteiger charge is -2.11. The van der Waals surface area contributed by atoms with Gasteiger partial charge in [0.1, 0.15) is 6.04 Å². The zero-order valence-corrected chi connectivity index (χ0v) is 13.5. The highest BCUT2D eigenvalue weighted by Crippen LogP contribution is 2.10. The molecule has 0 bridgehead atoms. The Morgan fingerprint density at radius 3 is 2.67 bits per heavy atom. The van der Waals surface area contributed by atoms with E-state index in [4.69, 9.17) is 10.5 Å². The minimum atomic E-state index is -3.49. The Morgan fingerprint density at radius 1 is 1.43 bits per heavy atom. The van der Waals surface area contributed by atoms with Gasteiger partial charge in [0.15, 0.2) is 0 Å². The molecule has 4 N–H and O–H groups in total. The summed E-state index contributed by atoms with van der Waals surface area (Å²) in [5, 5.41) is 2.62. The van der Waals surface area contributed by atoms with Gasteiger partial charge in [-0.1, -0.05) is 12.1 Å². The topological polar surface area (TPSA) is 111 Å². The molecule has 9 heteroatoms. The van der Waals surface area contributed by atoms with Gasteiger partial charge in [0.25, 0.3) is 0 Å². The van der Waals surface area contributed by atoms with E-state index in [9.17, 15) is 13.2 Å². The summed E-state index contributed by atoms with van der Waals surface area (Å²) in [7, 11) is -0.693. The van der Waals surface area contributed by atoms with Crippen LogP contribution in [0.15, 0.2) is 29.2 Å². The first kappa shape index (κ1) is 19.8. The lowest BCUT2D eigenvalue weighted by molar-refractivity contribution is -0.123. The number of nitrogens with one attached hydrogen (secondary N) is 2. The van der Waals surface area contributed by atoms with Gasteiger partial charge in [0.2, 0.25) is 15.9 Å². The van der Waals surface area contributed by atoms with Crippen molar-refractivity contribution in [1.29, 1.82) is 0 Å². The normalized spacial score (nSPS) is 12.3. The molecule has 1 aromatic rings. The predicted molar refractivity (Wildman–Crippen MR) is 81.6 cm³/mol. The molecule has 0 fully saturated rings. The molecule has 0 radical (unpaired) electrons. The molecular weight excluding hydrogens is 318 g/mol. The number of methoxy groups -OCH3 is 1. The van der Waals surface area contributed by atoms with Crippen LogP contribution < -0.4 is 15.8 Å². The highest BCUT2D eigenvalue weighted by molar-refractivity contribution is 7.89. The first-order chi connectivity index (χ1) is 9.40. The molecule has 0 spiro atoms. The SMILES string of the molecule is CNS(=O)(=O)c1cccc(CNC(=O)C(N)COC)c1.Cl. The Balaban J connectivity index is 0.00000400. The van der Waals surface area contributed by atoms with Gasteiger partial charge in [0.05, 0.1) is 11.5 Å². The number of hydrogen-bond donors (Lipinski definition) is 3. The molecule has 1 unspecified atom stereocenters. The molecule has 0 aromatic heterocycles. The van der Waals surface area contributed by atoms with Crippen molar-refractivity contribution in [3.05, 3.63) is 29.8 Å². The van der Waals surface area contributed by atoms with E-state index in [0.717, 1.165) is 0 Å². The number of rotatable bonds is 7. The Bertz CT molecular complexity index is 565. The van der Waals surface area contributed by atoms with Gasteiger partial charge in [-0.25, -0.2) is 13.1 Å². The van der Waals surface area contributed by atoms with Crippen molar-refractivity contribution >= 4 is 28.3 Å². The molecule has 7 nitrogen and oxygen atoms in total. The van der Waals surface area contributed by atoms with Crippen LogP contribution >= 0.6 is 12.4 Å². The molecule has 0 heterocycles. The highest BCUT2D eigenvalue weighted by atomic mass is 35.5. The van der Waals surface area contributed by atoms with Crippen LogP contribution in [0.1, 0.15) is 5.56 Å². The average Bonchev–Trinajstić information content (AvgIpc) is 2.45. The molecule has 120 valence electrons. The van der Waals surface area contributed by atoms with Gasteiger partial charge in [-0.05, 0) is 24.7 Å². The summed E-state index contributed by atoms with van der Waals surface area (Å²) in [5.41, 5.74) is 6.24. The van der Waals surface area contributed by atoms with Crippen LogP contribution in [0.4, 0.5) is 0 Å². The predicted octanol–water partition coefficient (Wildman–Crippen LogP) is -0.394.